The number of hydrogen-bond donors (Lipinski definition) is 0. The number of pyridine rings is 1. The Balaban J connectivity index is 1.25. The summed E-state index contributed by atoms with van der Waals surface area (Å²) in [7, 11) is -6.22. The first-order valence-electron chi connectivity index (χ1n) is 13.4. The number of fused-ring (bicyclic) bond motifs is 2. The summed E-state index contributed by atoms with van der Waals surface area (Å²) in [5, 5.41) is 0.501. The van der Waals surface area contributed by atoms with Gasteiger partial charge in [-0.2, -0.15) is 17.5 Å². The van der Waals surface area contributed by atoms with Gasteiger partial charge in [0.15, 0.2) is 5.65 Å². The van der Waals surface area contributed by atoms with Crippen LogP contribution in [0.25, 0.3) is 15.9 Å². The van der Waals surface area contributed by atoms with Crippen molar-refractivity contribution in [3.05, 3.63) is 90.0 Å². The van der Waals surface area contributed by atoms with E-state index in [2.05, 4.69) is 9.83 Å². The van der Waals surface area contributed by atoms with E-state index in [4.69, 9.17) is 6.57 Å². The second-order valence-corrected chi connectivity index (χ2v) is 14.6. The lowest BCUT2D eigenvalue weighted by molar-refractivity contribution is -0.137. The zero-order chi connectivity index (χ0) is 30.7. The van der Waals surface area contributed by atoms with Crippen molar-refractivity contribution >= 4 is 42.5 Å². The van der Waals surface area contributed by atoms with Crippen LogP contribution in [0.3, 0.4) is 0 Å². The molecular formula is C29H26F3N5O4S2. The monoisotopic (exact) mass is 629 g/mol. The van der Waals surface area contributed by atoms with Crippen LogP contribution in [0.5, 0.6) is 0 Å². The molecule has 43 heavy (non-hydrogen) atoms. The second-order valence-electron chi connectivity index (χ2n) is 10.9. The highest BCUT2D eigenvalue weighted by Crippen LogP contribution is 2.45. The lowest BCUT2D eigenvalue weighted by atomic mass is 10.0. The molecule has 1 saturated carbocycles. The zero-order valence-corrected chi connectivity index (χ0v) is 24.4. The molecule has 0 spiro atoms. The van der Waals surface area contributed by atoms with E-state index in [1.165, 1.54) is 34.9 Å². The Bertz CT molecular complexity index is 1960. The quantitative estimate of drug-likeness (QED) is 0.266. The van der Waals surface area contributed by atoms with Gasteiger partial charge in [0, 0.05) is 44.0 Å². The van der Waals surface area contributed by atoms with Gasteiger partial charge in [0.05, 0.1) is 27.6 Å². The van der Waals surface area contributed by atoms with Crippen LogP contribution in [-0.4, -0.2) is 56.3 Å². The fourth-order valence-electron chi connectivity index (χ4n) is 6.29. The van der Waals surface area contributed by atoms with E-state index in [1.54, 1.807) is 24.3 Å². The fourth-order valence-corrected chi connectivity index (χ4v) is 9.22. The summed E-state index contributed by atoms with van der Waals surface area (Å²) in [5.74, 6) is -0.0467. The first-order chi connectivity index (χ1) is 20.3. The Kier molecular flexibility index (Phi) is 7.02. The van der Waals surface area contributed by atoms with Gasteiger partial charge >= 0.3 is 6.18 Å². The van der Waals surface area contributed by atoms with Crippen LogP contribution in [0.2, 0.25) is 0 Å². The lowest BCUT2D eigenvalue weighted by Crippen LogP contribution is -2.34. The molecule has 4 aromatic rings. The molecule has 2 aliphatic rings. The summed E-state index contributed by atoms with van der Waals surface area (Å²) >= 11 is 0. The van der Waals surface area contributed by atoms with Crippen molar-refractivity contribution in [1.82, 2.24) is 13.3 Å². The highest BCUT2D eigenvalue weighted by atomic mass is 32.2. The molecule has 3 heterocycles. The molecule has 0 radical (unpaired) electrons. The smallest absolute Gasteiger partial charge is 0.380 e. The van der Waals surface area contributed by atoms with Gasteiger partial charge in [-0.05, 0) is 61.1 Å². The molecule has 3 atom stereocenters. The highest BCUT2D eigenvalue weighted by molar-refractivity contribution is 7.90. The number of hydrogen-bond acceptors (Lipinski definition) is 6. The summed E-state index contributed by atoms with van der Waals surface area (Å²) in [6.45, 7) is 8.10. The minimum absolute atomic E-state index is 0.0233. The van der Waals surface area contributed by atoms with Crippen LogP contribution in [0.4, 0.5) is 24.5 Å². The van der Waals surface area contributed by atoms with Gasteiger partial charge in [-0.25, -0.2) is 30.6 Å². The molecule has 2 fully saturated rings. The van der Waals surface area contributed by atoms with Gasteiger partial charge in [0.1, 0.15) is 0 Å². The highest BCUT2D eigenvalue weighted by Gasteiger charge is 2.46. The maximum absolute atomic E-state index is 13.4. The minimum Gasteiger partial charge on any atom is -0.380 e. The molecule has 1 unspecified atom stereocenters. The van der Waals surface area contributed by atoms with Gasteiger partial charge in [0.25, 0.3) is 10.0 Å². The molecule has 2 aromatic heterocycles. The predicted octanol–water partition coefficient (Wildman–Crippen LogP) is 5.38. The molecular weight excluding hydrogens is 603 g/mol. The van der Waals surface area contributed by atoms with E-state index in [1.807, 2.05) is 11.9 Å². The molecule has 14 heteroatoms. The summed E-state index contributed by atoms with van der Waals surface area (Å²) in [5.41, 5.74) is -0.0231. The van der Waals surface area contributed by atoms with Crippen molar-refractivity contribution in [3.63, 3.8) is 0 Å². The SMILES string of the molecule is [C-]#[N+]c1cnc2c(ccn2S(=O)(=O)c2ccccc2)c1N(C)C1C[C@@H]2CN(S(=O)(=O)c3cccc(C(F)(F)F)c3)C[C@@H]2C1. The Hall–Kier alpha value is -3.93. The predicted molar refractivity (Wildman–Crippen MR) is 154 cm³/mol. The van der Waals surface area contributed by atoms with E-state index < -0.39 is 31.8 Å². The molecule has 9 nitrogen and oxygen atoms in total. The van der Waals surface area contributed by atoms with Crippen molar-refractivity contribution in [2.75, 3.05) is 25.0 Å². The number of sulfonamides is 1. The summed E-state index contributed by atoms with van der Waals surface area (Å²) in [4.78, 5) is 9.62. The van der Waals surface area contributed by atoms with Crippen molar-refractivity contribution in [3.8, 4) is 0 Å². The average molecular weight is 630 g/mol. The molecule has 6 rings (SSSR count). The lowest BCUT2D eigenvalue weighted by Gasteiger charge is -2.30. The van der Waals surface area contributed by atoms with E-state index in [-0.39, 0.29) is 52.1 Å². The van der Waals surface area contributed by atoms with Crippen LogP contribution < -0.4 is 4.90 Å². The number of nitrogens with zero attached hydrogens (tertiary/aromatic N) is 5. The molecule has 0 bridgehead atoms. The molecule has 0 amide bonds. The van der Waals surface area contributed by atoms with Crippen LogP contribution in [-0.2, 0) is 26.2 Å². The standard InChI is InChI=1S/C29H26F3N5O4S2/c1-33-26-16-34-28-25(11-12-37(28)43(40,41)23-8-4-3-5-9-23)27(26)35(2)22-13-19-17-36(18-20(19)14-22)42(38,39)24-10-6-7-21(15-24)29(30,31)32/h3-12,15-16,19-20,22H,13-14,17-18H2,2H3/t19-,20+,22?. The first-order valence-corrected chi connectivity index (χ1v) is 16.3. The number of benzene rings is 2. The van der Waals surface area contributed by atoms with Crippen molar-refractivity contribution in [2.24, 2.45) is 11.8 Å². The van der Waals surface area contributed by atoms with Gasteiger partial charge in [-0.1, -0.05) is 24.3 Å². The van der Waals surface area contributed by atoms with Gasteiger partial charge in [-0.15, -0.1) is 0 Å². The van der Waals surface area contributed by atoms with Gasteiger partial charge in [0.2, 0.25) is 15.7 Å². The number of alkyl halides is 3. The third kappa shape index (κ3) is 4.95. The zero-order valence-electron chi connectivity index (χ0n) is 22.8. The van der Waals surface area contributed by atoms with E-state index in [9.17, 15) is 30.0 Å². The number of aromatic nitrogens is 2. The first kappa shape index (κ1) is 29.2. The summed E-state index contributed by atoms with van der Waals surface area (Å²) in [6.07, 6.45) is -0.678. The van der Waals surface area contributed by atoms with Crippen LogP contribution in [0.15, 0.2) is 82.8 Å². The maximum atomic E-state index is 13.4. The number of halogens is 3. The van der Waals surface area contributed by atoms with Crippen molar-refractivity contribution in [2.45, 2.75) is 34.9 Å². The molecule has 2 aromatic carbocycles. The van der Waals surface area contributed by atoms with Gasteiger partial charge < -0.3 is 4.90 Å². The van der Waals surface area contributed by atoms with Crippen LogP contribution in [0, 0.1) is 18.4 Å². The Labute approximate surface area is 247 Å². The molecule has 224 valence electrons. The summed E-state index contributed by atoms with van der Waals surface area (Å²) < 4.78 is 95.2. The van der Waals surface area contributed by atoms with E-state index in [0.29, 0.717) is 30.0 Å². The second kappa shape index (κ2) is 10.4. The minimum atomic E-state index is -4.65. The molecule has 1 aliphatic carbocycles. The average Bonchev–Trinajstić information content (AvgIpc) is 3.70. The summed E-state index contributed by atoms with van der Waals surface area (Å²) in [6, 6.07) is 13.3. The van der Waals surface area contributed by atoms with Crippen molar-refractivity contribution < 1.29 is 30.0 Å². The molecule has 0 N–H and O–H groups in total. The normalized spacial score (nSPS) is 21.1. The van der Waals surface area contributed by atoms with Gasteiger partial charge in [-0.3, -0.25) is 0 Å². The van der Waals surface area contributed by atoms with E-state index in [0.717, 1.165) is 16.1 Å². The Morgan fingerprint density at radius 3 is 2.21 bits per heavy atom. The largest absolute Gasteiger partial charge is 0.416 e. The van der Waals surface area contributed by atoms with Crippen molar-refractivity contribution in [1.29, 1.82) is 0 Å². The number of rotatable bonds is 6. The molecule has 1 saturated heterocycles. The van der Waals surface area contributed by atoms with Crippen LogP contribution >= 0.6 is 0 Å². The fraction of sp³-hybridized carbons (Fsp3) is 0.310. The molecule has 1 aliphatic heterocycles. The topological polar surface area (TPSA) is 96.9 Å². The van der Waals surface area contributed by atoms with E-state index >= 15 is 0 Å². The number of anilines is 1. The van der Waals surface area contributed by atoms with Crippen LogP contribution in [0.1, 0.15) is 18.4 Å². The third-order valence-electron chi connectivity index (χ3n) is 8.45. The Morgan fingerprint density at radius 1 is 0.930 bits per heavy atom. The maximum Gasteiger partial charge on any atom is 0.416 e. The third-order valence-corrected chi connectivity index (χ3v) is 12.0. The Morgan fingerprint density at radius 2 is 1.58 bits per heavy atom.